The molecule has 2 aromatic carbocycles. The van der Waals surface area contributed by atoms with Crippen LogP contribution in [0.4, 0.5) is 16.0 Å². The zero-order valence-corrected chi connectivity index (χ0v) is 11.2. The van der Waals surface area contributed by atoms with Crippen LogP contribution in [0.15, 0.2) is 60.9 Å². The molecule has 0 aliphatic heterocycles. The van der Waals surface area contributed by atoms with Crippen molar-refractivity contribution >= 4 is 23.2 Å². The maximum absolute atomic E-state index is 14.1. The zero-order chi connectivity index (χ0) is 13.9. The quantitative estimate of drug-likeness (QED) is 0.773. The smallest absolute Gasteiger partial charge is 0.212 e. The second-order valence-electron chi connectivity index (χ2n) is 4.18. The number of para-hydroxylation sites is 1. The molecular formula is C15H11ClFN3. The molecule has 1 aromatic heterocycles. The van der Waals surface area contributed by atoms with E-state index in [-0.39, 0.29) is 5.02 Å². The summed E-state index contributed by atoms with van der Waals surface area (Å²) in [7, 11) is 0. The standard InChI is InChI=1S/C15H11ClFN3/c16-12-7-4-8-13(14(12)17)20-10-9-18-15(20)19-11-5-2-1-3-6-11/h1-10H,(H,18,19). The predicted octanol–water partition coefficient (Wildman–Crippen LogP) is 4.41. The van der Waals surface area contributed by atoms with Gasteiger partial charge < -0.3 is 5.32 Å². The number of nitrogens with one attached hydrogen (secondary N) is 1. The van der Waals surface area contributed by atoms with Gasteiger partial charge in [-0.15, -0.1) is 0 Å². The van der Waals surface area contributed by atoms with Crippen LogP contribution in [0.25, 0.3) is 5.69 Å². The van der Waals surface area contributed by atoms with Crippen LogP contribution in [0.3, 0.4) is 0 Å². The fraction of sp³-hybridized carbons (Fsp3) is 0. The van der Waals surface area contributed by atoms with Gasteiger partial charge in [0.15, 0.2) is 5.82 Å². The Bertz CT molecular complexity index is 725. The predicted molar refractivity (Wildman–Crippen MR) is 78.3 cm³/mol. The van der Waals surface area contributed by atoms with Gasteiger partial charge >= 0.3 is 0 Å². The number of imidazole rings is 1. The topological polar surface area (TPSA) is 29.9 Å². The molecule has 0 saturated heterocycles. The van der Waals surface area contributed by atoms with E-state index in [4.69, 9.17) is 11.6 Å². The maximum Gasteiger partial charge on any atom is 0.212 e. The first-order chi connectivity index (χ1) is 9.75. The number of benzene rings is 2. The molecule has 0 saturated carbocycles. The van der Waals surface area contributed by atoms with E-state index in [0.29, 0.717) is 11.6 Å². The molecular weight excluding hydrogens is 277 g/mol. The van der Waals surface area contributed by atoms with E-state index in [1.165, 1.54) is 6.07 Å². The third kappa shape index (κ3) is 2.38. The molecule has 20 heavy (non-hydrogen) atoms. The summed E-state index contributed by atoms with van der Waals surface area (Å²) in [6.07, 6.45) is 3.28. The van der Waals surface area contributed by atoms with E-state index in [1.54, 1.807) is 29.1 Å². The van der Waals surface area contributed by atoms with E-state index in [2.05, 4.69) is 10.3 Å². The van der Waals surface area contributed by atoms with Crippen molar-refractivity contribution in [2.75, 3.05) is 5.32 Å². The largest absolute Gasteiger partial charge is 0.325 e. The molecule has 3 aromatic rings. The van der Waals surface area contributed by atoms with Crippen LogP contribution in [-0.2, 0) is 0 Å². The first-order valence-electron chi connectivity index (χ1n) is 6.05. The van der Waals surface area contributed by atoms with Crippen molar-refractivity contribution < 1.29 is 4.39 Å². The van der Waals surface area contributed by atoms with Gasteiger partial charge in [-0.05, 0) is 24.3 Å². The lowest BCUT2D eigenvalue weighted by molar-refractivity contribution is 0.619. The van der Waals surface area contributed by atoms with Crippen LogP contribution < -0.4 is 5.32 Å². The maximum atomic E-state index is 14.1. The Morgan fingerprint density at radius 2 is 1.85 bits per heavy atom. The van der Waals surface area contributed by atoms with E-state index < -0.39 is 5.82 Å². The van der Waals surface area contributed by atoms with Gasteiger partial charge in [0.05, 0.1) is 10.7 Å². The number of aromatic nitrogens is 2. The lowest BCUT2D eigenvalue weighted by atomic mass is 10.3. The Labute approximate surface area is 120 Å². The van der Waals surface area contributed by atoms with Crippen LogP contribution >= 0.6 is 11.6 Å². The molecule has 100 valence electrons. The van der Waals surface area contributed by atoms with E-state index in [9.17, 15) is 4.39 Å². The molecule has 0 radical (unpaired) electrons. The number of hydrogen-bond acceptors (Lipinski definition) is 2. The minimum atomic E-state index is -0.469. The highest BCUT2D eigenvalue weighted by Gasteiger charge is 2.11. The van der Waals surface area contributed by atoms with Crippen molar-refractivity contribution in [2.24, 2.45) is 0 Å². The van der Waals surface area contributed by atoms with Crippen molar-refractivity contribution in [1.29, 1.82) is 0 Å². The van der Waals surface area contributed by atoms with Gasteiger partial charge in [-0.1, -0.05) is 35.9 Å². The number of rotatable bonds is 3. The van der Waals surface area contributed by atoms with Gasteiger partial charge in [-0.25, -0.2) is 9.37 Å². The van der Waals surface area contributed by atoms with Crippen molar-refractivity contribution in [3.05, 3.63) is 71.8 Å². The van der Waals surface area contributed by atoms with E-state index in [0.717, 1.165) is 5.69 Å². The second kappa shape index (κ2) is 5.35. The third-order valence-corrected chi connectivity index (χ3v) is 3.15. The number of nitrogens with zero attached hydrogens (tertiary/aromatic N) is 2. The van der Waals surface area contributed by atoms with Gasteiger partial charge in [0.1, 0.15) is 0 Å². The molecule has 3 rings (SSSR count). The molecule has 3 nitrogen and oxygen atoms in total. The van der Waals surface area contributed by atoms with Gasteiger partial charge in [0.25, 0.3) is 0 Å². The van der Waals surface area contributed by atoms with Crippen molar-refractivity contribution in [1.82, 2.24) is 9.55 Å². The van der Waals surface area contributed by atoms with Crippen LogP contribution in [0, 0.1) is 5.82 Å². The fourth-order valence-corrected chi connectivity index (χ4v) is 2.09. The van der Waals surface area contributed by atoms with Crippen LogP contribution in [0.1, 0.15) is 0 Å². The average Bonchev–Trinajstić information content (AvgIpc) is 2.91. The Balaban J connectivity index is 2.00. The minimum Gasteiger partial charge on any atom is -0.325 e. The second-order valence-corrected chi connectivity index (χ2v) is 4.59. The van der Waals surface area contributed by atoms with E-state index >= 15 is 0 Å². The summed E-state index contributed by atoms with van der Waals surface area (Å²) in [6, 6.07) is 14.4. The van der Waals surface area contributed by atoms with Crippen LogP contribution in [0.2, 0.25) is 5.02 Å². The molecule has 5 heteroatoms. The van der Waals surface area contributed by atoms with Crippen molar-refractivity contribution in [3.63, 3.8) is 0 Å². The first-order valence-corrected chi connectivity index (χ1v) is 6.43. The van der Waals surface area contributed by atoms with Gasteiger partial charge in [-0.2, -0.15) is 0 Å². The van der Waals surface area contributed by atoms with Gasteiger partial charge in [0, 0.05) is 18.1 Å². The molecule has 0 aliphatic rings. The minimum absolute atomic E-state index is 0.0851. The highest BCUT2D eigenvalue weighted by Crippen LogP contribution is 2.25. The highest BCUT2D eigenvalue weighted by molar-refractivity contribution is 6.30. The molecule has 0 bridgehead atoms. The Morgan fingerprint density at radius 1 is 1.05 bits per heavy atom. The van der Waals surface area contributed by atoms with Crippen molar-refractivity contribution in [3.8, 4) is 5.69 Å². The molecule has 0 fully saturated rings. The van der Waals surface area contributed by atoms with Crippen molar-refractivity contribution in [2.45, 2.75) is 0 Å². The summed E-state index contributed by atoms with van der Waals surface area (Å²) in [4.78, 5) is 4.20. The fourth-order valence-electron chi connectivity index (χ4n) is 1.92. The molecule has 0 unspecified atom stereocenters. The molecule has 0 aliphatic carbocycles. The summed E-state index contributed by atoms with van der Waals surface area (Å²) in [5.74, 6) is 0.0562. The summed E-state index contributed by atoms with van der Waals surface area (Å²) >= 11 is 5.81. The Morgan fingerprint density at radius 3 is 2.65 bits per heavy atom. The molecule has 1 N–H and O–H groups in total. The zero-order valence-electron chi connectivity index (χ0n) is 10.4. The Kier molecular flexibility index (Phi) is 3.39. The monoisotopic (exact) mass is 287 g/mol. The molecule has 0 amide bonds. The number of anilines is 2. The lowest BCUT2D eigenvalue weighted by Gasteiger charge is -2.11. The SMILES string of the molecule is Fc1c(Cl)cccc1-n1ccnc1Nc1ccccc1. The van der Waals surface area contributed by atoms with Crippen LogP contribution in [0.5, 0.6) is 0 Å². The molecule has 1 heterocycles. The lowest BCUT2D eigenvalue weighted by Crippen LogP contribution is -2.03. The number of halogens is 2. The van der Waals surface area contributed by atoms with Gasteiger partial charge in [-0.3, -0.25) is 4.57 Å². The third-order valence-electron chi connectivity index (χ3n) is 2.86. The number of hydrogen-bond donors (Lipinski definition) is 1. The highest BCUT2D eigenvalue weighted by atomic mass is 35.5. The normalized spacial score (nSPS) is 10.5. The van der Waals surface area contributed by atoms with E-state index in [1.807, 2.05) is 30.3 Å². The Hall–Kier alpha value is -2.33. The first kappa shape index (κ1) is 12.7. The average molecular weight is 288 g/mol. The summed E-state index contributed by atoms with van der Waals surface area (Å²) < 4.78 is 15.7. The summed E-state index contributed by atoms with van der Waals surface area (Å²) in [6.45, 7) is 0. The summed E-state index contributed by atoms with van der Waals surface area (Å²) in [5, 5.41) is 3.22. The summed E-state index contributed by atoms with van der Waals surface area (Å²) in [5.41, 5.74) is 1.23. The molecule has 0 spiro atoms. The molecule has 0 atom stereocenters. The van der Waals surface area contributed by atoms with Crippen LogP contribution in [-0.4, -0.2) is 9.55 Å². The van der Waals surface area contributed by atoms with Gasteiger partial charge in [0.2, 0.25) is 5.95 Å².